The standard InChI is InChI=1S/C29H35ClN2O6/c1-3-20(18-33)32-24-26(35)31(21-12-10-19(30)11-13-21)16-9-15-29(24)22(25(32)34)23-27(36)37-17-8-6-5-7-14-28(23,4-2)38-29/h7,9-15,20,22-24,33H,3-6,8,16-18H2,1-2H3/b14-7-/t20-,22-,23-,24?,28+,29-/m0/s1. The van der Waals surface area contributed by atoms with E-state index in [0.717, 1.165) is 19.3 Å². The first-order chi connectivity index (χ1) is 18.3. The minimum Gasteiger partial charge on any atom is -0.465 e. The Balaban J connectivity index is 1.69. The molecule has 1 unspecified atom stereocenters. The molecule has 1 N–H and O–H groups in total. The molecule has 6 atom stereocenters. The van der Waals surface area contributed by atoms with Gasteiger partial charge < -0.3 is 24.4 Å². The first-order valence-corrected chi connectivity index (χ1v) is 13.9. The van der Waals surface area contributed by atoms with Crippen LogP contribution in [-0.2, 0) is 23.9 Å². The topological polar surface area (TPSA) is 96.4 Å². The lowest BCUT2D eigenvalue weighted by molar-refractivity contribution is -0.161. The number of nitrogens with zero attached hydrogens (tertiary/aromatic N) is 2. The van der Waals surface area contributed by atoms with Crippen LogP contribution in [0.2, 0.25) is 5.02 Å². The second-order valence-corrected chi connectivity index (χ2v) is 10.9. The summed E-state index contributed by atoms with van der Waals surface area (Å²) in [5.74, 6) is -3.06. The van der Waals surface area contributed by atoms with Gasteiger partial charge in [0, 0.05) is 17.3 Å². The van der Waals surface area contributed by atoms with Crippen molar-refractivity contribution >= 4 is 35.1 Å². The van der Waals surface area contributed by atoms with E-state index in [1.54, 1.807) is 29.2 Å². The maximum atomic E-state index is 14.4. The quantitative estimate of drug-likeness (QED) is 0.450. The number of likely N-dealkylation sites (tertiary alicyclic amines) is 1. The molecule has 38 heavy (non-hydrogen) atoms. The highest BCUT2D eigenvalue weighted by molar-refractivity contribution is 6.30. The summed E-state index contributed by atoms with van der Waals surface area (Å²) in [5.41, 5.74) is -1.86. The van der Waals surface area contributed by atoms with Crippen molar-refractivity contribution in [1.29, 1.82) is 0 Å². The van der Waals surface area contributed by atoms with Gasteiger partial charge in [-0.3, -0.25) is 14.4 Å². The maximum Gasteiger partial charge on any atom is 0.313 e. The first-order valence-electron chi connectivity index (χ1n) is 13.6. The number of aliphatic hydroxyl groups excluding tert-OH is 1. The third kappa shape index (κ3) is 4.08. The van der Waals surface area contributed by atoms with Crippen LogP contribution in [0.25, 0.3) is 0 Å². The molecule has 0 saturated carbocycles. The van der Waals surface area contributed by atoms with E-state index in [2.05, 4.69) is 0 Å². The van der Waals surface area contributed by atoms with Crippen molar-refractivity contribution in [3.63, 3.8) is 0 Å². The van der Waals surface area contributed by atoms with Crippen LogP contribution in [0.3, 0.4) is 0 Å². The summed E-state index contributed by atoms with van der Waals surface area (Å²) in [4.78, 5) is 45.5. The summed E-state index contributed by atoms with van der Waals surface area (Å²) < 4.78 is 12.6. The number of allylic oxidation sites excluding steroid dienone is 1. The predicted molar refractivity (Wildman–Crippen MR) is 143 cm³/mol. The number of carbonyl (C=O) groups excluding carboxylic acids is 3. The van der Waals surface area contributed by atoms with Crippen LogP contribution in [0.15, 0.2) is 48.6 Å². The molecule has 0 bridgehead atoms. The third-order valence-corrected chi connectivity index (χ3v) is 8.79. The van der Waals surface area contributed by atoms with Crippen LogP contribution < -0.4 is 4.90 Å². The largest absolute Gasteiger partial charge is 0.465 e. The molecule has 1 spiro atoms. The predicted octanol–water partition coefficient (Wildman–Crippen LogP) is 3.66. The van der Waals surface area contributed by atoms with Gasteiger partial charge in [0.2, 0.25) is 5.91 Å². The Kier molecular flexibility index (Phi) is 7.42. The molecular formula is C29H35ClN2O6. The van der Waals surface area contributed by atoms with E-state index in [9.17, 15) is 19.5 Å². The summed E-state index contributed by atoms with van der Waals surface area (Å²) in [6.45, 7) is 4.01. The number of hydrogen-bond acceptors (Lipinski definition) is 6. The van der Waals surface area contributed by atoms with Crippen LogP contribution in [0.4, 0.5) is 5.69 Å². The Morgan fingerprint density at radius 2 is 1.82 bits per heavy atom. The molecule has 2 saturated heterocycles. The fraction of sp³-hybridized carbons (Fsp3) is 0.552. The number of esters is 1. The highest BCUT2D eigenvalue weighted by Crippen LogP contribution is 2.58. The van der Waals surface area contributed by atoms with Crippen molar-refractivity contribution < 1.29 is 29.0 Å². The van der Waals surface area contributed by atoms with Crippen LogP contribution in [0.1, 0.15) is 46.0 Å². The normalized spacial score (nSPS) is 34.7. The van der Waals surface area contributed by atoms with Crippen LogP contribution in [0.5, 0.6) is 0 Å². The number of anilines is 1. The Hall–Kier alpha value is -2.68. The average Bonchev–Trinajstić information content (AvgIpc) is 3.27. The Morgan fingerprint density at radius 1 is 1.05 bits per heavy atom. The van der Waals surface area contributed by atoms with Gasteiger partial charge in [0.15, 0.2) is 0 Å². The Bertz CT molecular complexity index is 1150. The average molecular weight is 543 g/mol. The minimum absolute atomic E-state index is 0.261. The van der Waals surface area contributed by atoms with E-state index in [4.69, 9.17) is 21.1 Å². The number of benzene rings is 1. The number of cyclic esters (lactones) is 1. The monoisotopic (exact) mass is 542 g/mol. The van der Waals surface area contributed by atoms with Gasteiger partial charge >= 0.3 is 5.97 Å². The van der Waals surface area contributed by atoms with Crippen LogP contribution in [0, 0.1) is 11.8 Å². The fourth-order valence-electron chi connectivity index (χ4n) is 6.64. The summed E-state index contributed by atoms with van der Waals surface area (Å²) in [6, 6.07) is 5.28. The molecule has 2 amide bonds. The zero-order valence-electron chi connectivity index (χ0n) is 21.8. The number of hydrogen-bond donors (Lipinski definition) is 1. The zero-order valence-corrected chi connectivity index (χ0v) is 22.6. The lowest BCUT2D eigenvalue weighted by Crippen LogP contribution is -2.59. The number of carbonyl (C=O) groups is 3. The summed E-state index contributed by atoms with van der Waals surface area (Å²) in [6.07, 6.45) is 10.9. The molecule has 2 fully saturated rings. The van der Waals surface area contributed by atoms with E-state index in [1.165, 1.54) is 4.90 Å². The number of amides is 2. The van der Waals surface area contributed by atoms with Gasteiger partial charge in [0.1, 0.15) is 23.2 Å². The number of fused-ring (bicyclic) bond motifs is 2. The van der Waals surface area contributed by atoms with E-state index >= 15 is 0 Å². The summed E-state index contributed by atoms with van der Waals surface area (Å²) in [5, 5.41) is 10.8. The fourth-order valence-corrected chi connectivity index (χ4v) is 6.76. The van der Waals surface area contributed by atoms with Gasteiger partial charge in [-0.2, -0.15) is 0 Å². The van der Waals surface area contributed by atoms with Gasteiger partial charge in [0.25, 0.3) is 5.91 Å². The number of halogens is 1. The molecule has 0 aliphatic carbocycles. The van der Waals surface area contributed by atoms with E-state index in [0.29, 0.717) is 23.6 Å². The van der Waals surface area contributed by atoms with Gasteiger partial charge in [-0.05, 0) is 56.4 Å². The smallest absolute Gasteiger partial charge is 0.313 e. The van der Waals surface area contributed by atoms with Crippen molar-refractivity contribution in [2.75, 3.05) is 24.7 Å². The molecule has 204 valence electrons. The Labute approximate surface area is 228 Å². The molecule has 5 rings (SSSR count). The lowest BCUT2D eigenvalue weighted by Gasteiger charge is -2.40. The summed E-state index contributed by atoms with van der Waals surface area (Å²) in [7, 11) is 0. The molecule has 4 heterocycles. The highest BCUT2D eigenvalue weighted by atomic mass is 35.5. The summed E-state index contributed by atoms with van der Waals surface area (Å²) >= 11 is 6.10. The molecule has 1 aromatic carbocycles. The van der Waals surface area contributed by atoms with Gasteiger partial charge in [-0.1, -0.05) is 49.8 Å². The van der Waals surface area contributed by atoms with Crippen molar-refractivity contribution in [3.05, 3.63) is 53.6 Å². The van der Waals surface area contributed by atoms with Crippen molar-refractivity contribution in [2.24, 2.45) is 11.8 Å². The third-order valence-electron chi connectivity index (χ3n) is 8.53. The number of ether oxygens (including phenoxy) is 2. The second kappa shape index (κ2) is 10.5. The maximum absolute atomic E-state index is 14.4. The number of aliphatic hydroxyl groups is 1. The molecule has 0 radical (unpaired) electrons. The highest BCUT2D eigenvalue weighted by Gasteiger charge is 2.75. The first kappa shape index (κ1) is 26.9. The van der Waals surface area contributed by atoms with Crippen molar-refractivity contribution in [1.82, 2.24) is 4.90 Å². The van der Waals surface area contributed by atoms with Crippen molar-refractivity contribution in [3.8, 4) is 0 Å². The van der Waals surface area contributed by atoms with E-state index in [1.807, 2.05) is 38.2 Å². The van der Waals surface area contributed by atoms with E-state index < -0.39 is 41.1 Å². The molecule has 9 heteroatoms. The molecule has 1 aromatic rings. The minimum atomic E-state index is -1.39. The van der Waals surface area contributed by atoms with E-state index in [-0.39, 0.29) is 31.6 Å². The molecular weight excluding hydrogens is 508 g/mol. The Morgan fingerprint density at radius 3 is 2.50 bits per heavy atom. The molecule has 4 aliphatic heterocycles. The van der Waals surface area contributed by atoms with Crippen LogP contribution >= 0.6 is 11.6 Å². The van der Waals surface area contributed by atoms with Crippen LogP contribution in [-0.4, -0.2) is 70.8 Å². The SMILES string of the molecule is CC[C@@H](CO)N1C(=O)[C@@H]2[C@H]3C(=O)OCCCC/C=C\[C@@]3(CC)O[C@@]23C=CCN(c2ccc(Cl)cc2)C(=O)C13. The van der Waals surface area contributed by atoms with Gasteiger partial charge in [-0.25, -0.2) is 0 Å². The van der Waals surface area contributed by atoms with Gasteiger partial charge in [-0.15, -0.1) is 0 Å². The lowest BCUT2D eigenvalue weighted by atomic mass is 9.73. The van der Waals surface area contributed by atoms with Crippen molar-refractivity contribution in [2.45, 2.75) is 69.2 Å². The molecule has 4 aliphatic rings. The zero-order chi connectivity index (χ0) is 27.1. The second-order valence-electron chi connectivity index (χ2n) is 10.5. The molecule has 8 nitrogen and oxygen atoms in total. The number of rotatable bonds is 5. The van der Waals surface area contributed by atoms with Gasteiger partial charge in [0.05, 0.1) is 25.2 Å². The molecule has 0 aromatic heterocycles.